The van der Waals surface area contributed by atoms with Crippen molar-refractivity contribution in [3.63, 3.8) is 0 Å². The molecule has 0 bridgehead atoms. The Balaban J connectivity index is 2.03. The molecule has 0 spiro atoms. The molecule has 3 rings (SSSR count). The summed E-state index contributed by atoms with van der Waals surface area (Å²) >= 11 is 5.84. The first kappa shape index (κ1) is 13.6. The number of carbonyl (C=O) groups excluding carboxylic acids is 2. The van der Waals surface area contributed by atoms with E-state index in [2.05, 4.69) is 0 Å². The molecule has 0 saturated heterocycles. The number of amides is 2. The molecule has 0 aromatic heterocycles. The molecule has 0 radical (unpaired) electrons. The van der Waals surface area contributed by atoms with Crippen molar-refractivity contribution in [2.45, 2.75) is 12.5 Å². The summed E-state index contributed by atoms with van der Waals surface area (Å²) in [6.07, 6.45) is 0.449. The maximum absolute atomic E-state index is 12.7. The summed E-state index contributed by atoms with van der Waals surface area (Å²) < 4.78 is 0. The van der Waals surface area contributed by atoms with E-state index in [1.807, 2.05) is 24.3 Å². The highest BCUT2D eigenvalue weighted by molar-refractivity contribution is 6.30. The van der Waals surface area contributed by atoms with E-state index in [1.54, 1.807) is 24.3 Å². The van der Waals surface area contributed by atoms with E-state index in [9.17, 15) is 9.59 Å². The highest BCUT2D eigenvalue weighted by atomic mass is 35.5. The lowest BCUT2D eigenvalue weighted by molar-refractivity contribution is -0.119. The molecule has 2 aromatic rings. The van der Waals surface area contributed by atoms with Gasteiger partial charge in [-0.25, -0.2) is 0 Å². The highest BCUT2D eigenvalue weighted by Crippen LogP contribution is 2.33. The van der Waals surface area contributed by atoms with Crippen molar-refractivity contribution >= 4 is 29.1 Å². The normalized spacial score (nSPS) is 16.6. The molecule has 2 N–H and O–H groups in total. The van der Waals surface area contributed by atoms with Gasteiger partial charge in [0.25, 0.3) is 5.91 Å². The van der Waals surface area contributed by atoms with Crippen molar-refractivity contribution in [3.05, 3.63) is 64.7 Å². The number of nitrogens with zero attached hydrogens (tertiary/aromatic N) is 1. The van der Waals surface area contributed by atoms with Gasteiger partial charge < -0.3 is 5.73 Å². The van der Waals surface area contributed by atoms with Crippen LogP contribution in [0, 0.1) is 0 Å². The van der Waals surface area contributed by atoms with Crippen LogP contribution in [0.3, 0.4) is 0 Å². The molecule has 5 heteroatoms. The minimum atomic E-state index is -0.648. The van der Waals surface area contributed by atoms with Crippen molar-refractivity contribution in [1.29, 1.82) is 0 Å². The number of carbonyl (C=O) groups is 2. The predicted molar refractivity (Wildman–Crippen MR) is 81.4 cm³/mol. The van der Waals surface area contributed by atoms with E-state index in [1.165, 1.54) is 4.90 Å². The molecule has 0 fully saturated rings. The molecule has 4 nitrogen and oxygen atoms in total. The number of hydrogen-bond acceptors (Lipinski definition) is 2. The Morgan fingerprint density at radius 2 is 1.76 bits per heavy atom. The van der Waals surface area contributed by atoms with Crippen LogP contribution in [0.4, 0.5) is 5.69 Å². The van der Waals surface area contributed by atoms with Crippen LogP contribution in [0.2, 0.25) is 5.02 Å². The number of rotatable bonds is 2. The fourth-order valence-corrected chi connectivity index (χ4v) is 2.72. The Kier molecular flexibility index (Phi) is 3.39. The average Bonchev–Trinajstić information content (AvgIpc) is 2.87. The summed E-state index contributed by atoms with van der Waals surface area (Å²) in [4.78, 5) is 25.9. The van der Waals surface area contributed by atoms with Gasteiger partial charge in [-0.1, -0.05) is 29.8 Å². The van der Waals surface area contributed by atoms with Crippen molar-refractivity contribution in [2.24, 2.45) is 5.73 Å². The zero-order chi connectivity index (χ0) is 15.0. The van der Waals surface area contributed by atoms with E-state index in [-0.39, 0.29) is 5.91 Å². The van der Waals surface area contributed by atoms with Gasteiger partial charge in [0.2, 0.25) is 5.91 Å². The highest BCUT2D eigenvalue weighted by Gasteiger charge is 2.37. The van der Waals surface area contributed by atoms with Crippen LogP contribution < -0.4 is 10.6 Å². The largest absolute Gasteiger partial charge is 0.368 e. The van der Waals surface area contributed by atoms with Crippen molar-refractivity contribution < 1.29 is 9.59 Å². The minimum Gasteiger partial charge on any atom is -0.368 e. The Bertz CT molecular complexity index is 712. The Hall–Kier alpha value is -2.33. The van der Waals surface area contributed by atoms with E-state index >= 15 is 0 Å². The molecule has 2 aromatic carbocycles. The van der Waals surface area contributed by atoms with Gasteiger partial charge in [0, 0.05) is 22.7 Å². The second-order valence-electron chi connectivity index (χ2n) is 4.93. The molecule has 2 amide bonds. The standard InChI is InChI=1S/C16H13ClN2O2/c17-12-7-5-10(6-8-12)16(21)19-13-4-2-1-3-11(13)9-14(19)15(18)20/h1-8,14H,9H2,(H2,18,20)/t14-/m0/s1. The lowest BCUT2D eigenvalue weighted by Gasteiger charge is -2.23. The van der Waals surface area contributed by atoms with Crippen LogP contribution in [0.15, 0.2) is 48.5 Å². The van der Waals surface area contributed by atoms with Crippen LogP contribution >= 0.6 is 11.6 Å². The van der Waals surface area contributed by atoms with Gasteiger partial charge in [-0.15, -0.1) is 0 Å². The van der Waals surface area contributed by atoms with Gasteiger partial charge >= 0.3 is 0 Å². The third-order valence-corrected chi connectivity index (χ3v) is 3.87. The number of hydrogen-bond donors (Lipinski definition) is 1. The summed E-state index contributed by atoms with van der Waals surface area (Å²) in [5.41, 5.74) is 7.61. The van der Waals surface area contributed by atoms with E-state index in [0.717, 1.165) is 11.3 Å². The van der Waals surface area contributed by atoms with Crippen LogP contribution in [0.25, 0.3) is 0 Å². The number of benzene rings is 2. The van der Waals surface area contributed by atoms with Crippen LogP contribution in [-0.2, 0) is 11.2 Å². The lowest BCUT2D eigenvalue weighted by Crippen LogP contribution is -2.46. The quantitative estimate of drug-likeness (QED) is 0.925. The molecule has 1 atom stereocenters. The minimum absolute atomic E-state index is 0.250. The van der Waals surface area contributed by atoms with Crippen molar-refractivity contribution in [3.8, 4) is 0 Å². The molecule has 21 heavy (non-hydrogen) atoms. The molecular weight excluding hydrogens is 288 g/mol. The van der Waals surface area contributed by atoms with Crippen LogP contribution in [0.1, 0.15) is 15.9 Å². The number of anilines is 1. The molecule has 0 saturated carbocycles. The second kappa shape index (κ2) is 5.22. The third kappa shape index (κ3) is 2.38. The van der Waals surface area contributed by atoms with Crippen molar-refractivity contribution in [1.82, 2.24) is 0 Å². The fourth-order valence-electron chi connectivity index (χ4n) is 2.60. The summed E-state index contributed by atoms with van der Waals surface area (Å²) in [6.45, 7) is 0. The number of fused-ring (bicyclic) bond motifs is 1. The zero-order valence-electron chi connectivity index (χ0n) is 11.1. The summed E-state index contributed by atoms with van der Waals surface area (Å²) in [7, 11) is 0. The van der Waals surface area contributed by atoms with E-state index in [4.69, 9.17) is 17.3 Å². The molecule has 106 valence electrons. The van der Waals surface area contributed by atoms with Gasteiger partial charge in [0.1, 0.15) is 6.04 Å². The van der Waals surface area contributed by atoms with Gasteiger partial charge in [0.15, 0.2) is 0 Å². The summed E-state index contributed by atoms with van der Waals surface area (Å²) in [6, 6.07) is 13.4. The molecule has 0 aliphatic carbocycles. The van der Waals surface area contributed by atoms with E-state index < -0.39 is 11.9 Å². The van der Waals surface area contributed by atoms with Gasteiger partial charge in [-0.05, 0) is 35.9 Å². The zero-order valence-corrected chi connectivity index (χ0v) is 11.9. The van der Waals surface area contributed by atoms with Gasteiger partial charge in [-0.3, -0.25) is 14.5 Å². The first-order chi connectivity index (χ1) is 10.1. The fraction of sp³-hybridized carbons (Fsp3) is 0.125. The number of halogens is 1. The Morgan fingerprint density at radius 1 is 1.10 bits per heavy atom. The molecule has 1 aliphatic heterocycles. The predicted octanol–water partition coefficient (Wildman–Crippen LogP) is 2.40. The number of para-hydroxylation sites is 1. The third-order valence-electron chi connectivity index (χ3n) is 3.61. The second-order valence-corrected chi connectivity index (χ2v) is 5.37. The van der Waals surface area contributed by atoms with Gasteiger partial charge in [-0.2, -0.15) is 0 Å². The first-order valence-electron chi connectivity index (χ1n) is 6.54. The van der Waals surface area contributed by atoms with Gasteiger partial charge in [0.05, 0.1) is 0 Å². The monoisotopic (exact) mass is 300 g/mol. The molecule has 0 unspecified atom stereocenters. The SMILES string of the molecule is NC(=O)[C@@H]1Cc2ccccc2N1C(=O)c1ccc(Cl)cc1. The molecular formula is C16H13ClN2O2. The molecule has 1 aliphatic rings. The number of primary amides is 1. The summed E-state index contributed by atoms with van der Waals surface area (Å²) in [5, 5.41) is 0.555. The topological polar surface area (TPSA) is 63.4 Å². The lowest BCUT2D eigenvalue weighted by atomic mass is 10.1. The van der Waals surface area contributed by atoms with E-state index in [0.29, 0.717) is 17.0 Å². The summed E-state index contributed by atoms with van der Waals surface area (Å²) in [5.74, 6) is -0.756. The number of nitrogens with two attached hydrogens (primary N) is 1. The molecule has 1 heterocycles. The van der Waals surface area contributed by atoms with Crippen LogP contribution in [0.5, 0.6) is 0 Å². The maximum Gasteiger partial charge on any atom is 0.259 e. The average molecular weight is 301 g/mol. The Morgan fingerprint density at radius 3 is 2.43 bits per heavy atom. The first-order valence-corrected chi connectivity index (χ1v) is 6.92. The smallest absolute Gasteiger partial charge is 0.259 e. The Labute approximate surface area is 127 Å². The van der Waals surface area contributed by atoms with Crippen molar-refractivity contribution in [2.75, 3.05) is 4.90 Å². The van der Waals surface area contributed by atoms with Crippen LogP contribution in [-0.4, -0.2) is 17.9 Å². The maximum atomic E-state index is 12.7.